The first-order valence-electron chi connectivity index (χ1n) is 5.88. The van der Waals surface area contributed by atoms with E-state index < -0.39 is 0 Å². The van der Waals surface area contributed by atoms with E-state index in [1.807, 2.05) is 25.1 Å². The van der Waals surface area contributed by atoms with E-state index in [9.17, 15) is 4.79 Å². The third kappa shape index (κ3) is 4.38. The lowest BCUT2D eigenvalue weighted by Crippen LogP contribution is -2.25. The molecule has 0 aliphatic rings. The van der Waals surface area contributed by atoms with E-state index in [2.05, 4.69) is 32.6 Å². The highest BCUT2D eigenvalue weighted by atomic mass is 79.9. The van der Waals surface area contributed by atoms with E-state index in [0.717, 1.165) is 16.6 Å². The first kappa shape index (κ1) is 14.5. The molecule has 1 aromatic rings. The van der Waals surface area contributed by atoms with Crippen molar-refractivity contribution in [2.45, 2.75) is 19.8 Å². The highest BCUT2D eigenvalue weighted by Gasteiger charge is 2.06. The molecule has 0 heterocycles. The normalized spacial score (nSPS) is 9.61. The van der Waals surface area contributed by atoms with Crippen LogP contribution in [0.25, 0.3) is 0 Å². The first-order chi connectivity index (χ1) is 8.69. The molecule has 0 saturated carbocycles. The maximum absolute atomic E-state index is 11.4. The van der Waals surface area contributed by atoms with Crippen molar-refractivity contribution in [1.82, 2.24) is 5.32 Å². The van der Waals surface area contributed by atoms with Gasteiger partial charge in [-0.05, 0) is 34.5 Å². The molecule has 1 rings (SSSR count). The molecular weight excluding hydrogens is 294 g/mol. The minimum atomic E-state index is 0.0258. The Morgan fingerprint density at radius 2 is 2.22 bits per heavy atom. The Hall–Kier alpha value is -1.54. The number of nitrogens with one attached hydrogen (secondary N) is 2. The topological polar surface area (TPSA) is 64.9 Å². The smallest absolute Gasteiger partial charge is 0.221 e. The monoisotopic (exact) mass is 309 g/mol. The van der Waals surface area contributed by atoms with E-state index >= 15 is 0 Å². The Bertz CT molecular complexity index is 454. The number of nitriles is 1. The largest absolute Gasteiger partial charge is 0.383 e. The summed E-state index contributed by atoms with van der Waals surface area (Å²) in [4.78, 5) is 11.4. The zero-order valence-electron chi connectivity index (χ0n) is 10.3. The number of rotatable bonds is 6. The van der Waals surface area contributed by atoms with Crippen LogP contribution in [-0.2, 0) is 4.79 Å². The molecule has 5 heteroatoms. The van der Waals surface area contributed by atoms with Gasteiger partial charge in [0.05, 0.1) is 11.3 Å². The van der Waals surface area contributed by atoms with Crippen LogP contribution in [0.3, 0.4) is 0 Å². The molecule has 0 unspecified atom stereocenters. The van der Waals surface area contributed by atoms with E-state index in [-0.39, 0.29) is 5.91 Å². The summed E-state index contributed by atoms with van der Waals surface area (Å²) in [6, 6.07) is 7.62. The lowest BCUT2D eigenvalue weighted by atomic mass is 10.2. The van der Waals surface area contributed by atoms with Crippen LogP contribution in [0.1, 0.15) is 25.3 Å². The highest BCUT2D eigenvalue weighted by molar-refractivity contribution is 9.10. The standard InChI is InChI=1S/C13H16BrN3O/c1-2-7-17-13(18)6-8-16-12-5-3-4-11(14)10(12)9-15/h3-5,16H,2,6-8H2,1H3,(H,17,18). The summed E-state index contributed by atoms with van der Waals surface area (Å²) in [6.45, 7) is 3.24. The number of carbonyl (C=O) groups is 1. The second-order valence-corrected chi connectivity index (χ2v) is 4.66. The highest BCUT2D eigenvalue weighted by Crippen LogP contribution is 2.23. The lowest BCUT2D eigenvalue weighted by Gasteiger charge is -2.09. The molecule has 0 atom stereocenters. The van der Waals surface area contributed by atoms with Gasteiger partial charge in [0.2, 0.25) is 5.91 Å². The number of hydrogen-bond acceptors (Lipinski definition) is 3. The van der Waals surface area contributed by atoms with Crippen molar-refractivity contribution in [2.24, 2.45) is 0 Å². The second kappa shape index (κ2) is 7.72. The Morgan fingerprint density at radius 1 is 1.44 bits per heavy atom. The van der Waals surface area contributed by atoms with Gasteiger partial charge in [-0.1, -0.05) is 13.0 Å². The molecule has 2 N–H and O–H groups in total. The molecule has 0 saturated heterocycles. The van der Waals surface area contributed by atoms with Crippen LogP contribution in [0.2, 0.25) is 0 Å². The van der Waals surface area contributed by atoms with Crippen LogP contribution in [0.5, 0.6) is 0 Å². The molecule has 0 radical (unpaired) electrons. The number of halogens is 1. The van der Waals surface area contributed by atoms with E-state index in [1.54, 1.807) is 0 Å². The molecule has 1 aromatic carbocycles. The van der Waals surface area contributed by atoms with Crippen molar-refractivity contribution in [3.05, 3.63) is 28.2 Å². The molecule has 4 nitrogen and oxygen atoms in total. The number of amides is 1. The van der Waals surface area contributed by atoms with Gasteiger partial charge in [0, 0.05) is 24.0 Å². The average Bonchev–Trinajstić information content (AvgIpc) is 2.36. The van der Waals surface area contributed by atoms with E-state index in [4.69, 9.17) is 5.26 Å². The van der Waals surface area contributed by atoms with Crippen molar-refractivity contribution in [1.29, 1.82) is 5.26 Å². The van der Waals surface area contributed by atoms with Crippen molar-refractivity contribution in [2.75, 3.05) is 18.4 Å². The number of hydrogen-bond donors (Lipinski definition) is 2. The number of benzene rings is 1. The Labute approximate surface area is 116 Å². The van der Waals surface area contributed by atoms with Gasteiger partial charge in [-0.2, -0.15) is 5.26 Å². The third-order valence-electron chi connectivity index (χ3n) is 2.37. The summed E-state index contributed by atoms with van der Waals surface area (Å²) in [6.07, 6.45) is 1.33. The Balaban J connectivity index is 2.47. The van der Waals surface area contributed by atoms with Crippen molar-refractivity contribution < 1.29 is 4.79 Å². The fourth-order valence-corrected chi connectivity index (χ4v) is 1.90. The van der Waals surface area contributed by atoms with E-state index in [0.29, 0.717) is 25.1 Å². The Morgan fingerprint density at radius 3 is 2.89 bits per heavy atom. The quantitative estimate of drug-likeness (QED) is 0.849. The Kier molecular flexibility index (Phi) is 6.23. The molecule has 96 valence electrons. The summed E-state index contributed by atoms with van der Waals surface area (Å²) in [7, 11) is 0. The van der Waals surface area contributed by atoms with Crippen molar-refractivity contribution in [3.63, 3.8) is 0 Å². The molecule has 0 aromatic heterocycles. The van der Waals surface area contributed by atoms with Gasteiger partial charge >= 0.3 is 0 Å². The fraction of sp³-hybridized carbons (Fsp3) is 0.385. The predicted octanol–water partition coefficient (Wildman–Crippen LogP) is 2.65. The second-order valence-electron chi connectivity index (χ2n) is 3.80. The third-order valence-corrected chi connectivity index (χ3v) is 3.03. The van der Waals surface area contributed by atoms with Crippen LogP contribution in [0, 0.1) is 11.3 Å². The van der Waals surface area contributed by atoms with E-state index in [1.165, 1.54) is 0 Å². The summed E-state index contributed by atoms with van der Waals surface area (Å²) in [5.74, 6) is 0.0258. The van der Waals surface area contributed by atoms with Crippen molar-refractivity contribution >= 4 is 27.5 Å². The molecule has 0 aliphatic carbocycles. The minimum Gasteiger partial charge on any atom is -0.383 e. The SMILES string of the molecule is CCCNC(=O)CCNc1cccc(Br)c1C#N. The first-order valence-corrected chi connectivity index (χ1v) is 6.67. The van der Waals surface area contributed by atoms with Gasteiger partial charge in [0.15, 0.2) is 0 Å². The fourth-order valence-electron chi connectivity index (χ4n) is 1.45. The van der Waals surface area contributed by atoms with Gasteiger partial charge in [-0.15, -0.1) is 0 Å². The molecule has 1 amide bonds. The predicted molar refractivity (Wildman–Crippen MR) is 75.3 cm³/mol. The van der Waals surface area contributed by atoms with Gasteiger partial charge in [0.25, 0.3) is 0 Å². The molecule has 0 spiro atoms. The average molecular weight is 310 g/mol. The molecule has 0 aliphatic heterocycles. The summed E-state index contributed by atoms with van der Waals surface area (Å²) < 4.78 is 0.755. The summed E-state index contributed by atoms with van der Waals surface area (Å²) in [5.41, 5.74) is 1.31. The maximum Gasteiger partial charge on any atom is 0.221 e. The zero-order chi connectivity index (χ0) is 13.4. The lowest BCUT2D eigenvalue weighted by molar-refractivity contribution is -0.120. The van der Waals surface area contributed by atoms with Crippen LogP contribution >= 0.6 is 15.9 Å². The van der Waals surface area contributed by atoms with Crippen LogP contribution in [0.4, 0.5) is 5.69 Å². The molecular formula is C13H16BrN3O. The molecule has 0 fully saturated rings. The van der Waals surface area contributed by atoms with Crippen molar-refractivity contribution in [3.8, 4) is 6.07 Å². The minimum absolute atomic E-state index is 0.0258. The van der Waals surface area contributed by atoms with Gasteiger partial charge in [-0.25, -0.2) is 0 Å². The van der Waals surface area contributed by atoms with Crippen LogP contribution < -0.4 is 10.6 Å². The van der Waals surface area contributed by atoms with Gasteiger partial charge < -0.3 is 10.6 Å². The summed E-state index contributed by atoms with van der Waals surface area (Å²) in [5, 5.41) is 14.9. The summed E-state index contributed by atoms with van der Waals surface area (Å²) >= 11 is 3.32. The van der Waals surface area contributed by atoms with Crippen LogP contribution in [-0.4, -0.2) is 19.0 Å². The number of nitrogens with zero attached hydrogens (tertiary/aromatic N) is 1. The van der Waals surface area contributed by atoms with Crippen LogP contribution in [0.15, 0.2) is 22.7 Å². The molecule has 18 heavy (non-hydrogen) atoms. The zero-order valence-corrected chi connectivity index (χ0v) is 11.9. The van der Waals surface area contributed by atoms with Gasteiger partial charge in [0.1, 0.15) is 6.07 Å². The van der Waals surface area contributed by atoms with Gasteiger partial charge in [-0.3, -0.25) is 4.79 Å². The number of anilines is 1. The maximum atomic E-state index is 11.4. The number of carbonyl (C=O) groups excluding carboxylic acids is 1. The molecule has 0 bridgehead atoms.